The molecule has 0 spiro atoms. The van der Waals surface area contributed by atoms with E-state index >= 15 is 0 Å². The zero-order chi connectivity index (χ0) is 13.1. The van der Waals surface area contributed by atoms with Crippen LogP contribution >= 0.6 is 0 Å². The number of β-amino-alcohol motifs (C(OH)–C–C–N with tert-alkyl or cyclic N) is 1. The second-order valence-corrected chi connectivity index (χ2v) is 4.30. The minimum absolute atomic E-state index is 0.108. The maximum absolute atomic E-state index is 12.2. The summed E-state index contributed by atoms with van der Waals surface area (Å²) in [6, 6.07) is 5.07. The number of carbonyl (C=O) groups is 1. The van der Waals surface area contributed by atoms with Crippen molar-refractivity contribution in [3.8, 4) is 11.5 Å². The lowest BCUT2D eigenvalue weighted by molar-refractivity contribution is 0.0764. The van der Waals surface area contributed by atoms with Crippen LogP contribution in [-0.2, 0) is 0 Å². The monoisotopic (exact) mass is 251 g/mol. The number of hydrogen-bond acceptors (Lipinski definition) is 4. The number of amides is 1. The Morgan fingerprint density at radius 1 is 1.28 bits per heavy atom. The summed E-state index contributed by atoms with van der Waals surface area (Å²) in [7, 11) is 3.09. The zero-order valence-electron chi connectivity index (χ0n) is 10.5. The Balaban J connectivity index is 2.24. The van der Waals surface area contributed by atoms with Crippen LogP contribution in [-0.4, -0.2) is 49.3 Å². The fourth-order valence-electron chi connectivity index (χ4n) is 2.04. The van der Waals surface area contributed by atoms with Crippen LogP contribution in [0.3, 0.4) is 0 Å². The number of aliphatic hydroxyl groups is 1. The fraction of sp³-hybridized carbons (Fsp3) is 0.462. The average Bonchev–Trinajstić information content (AvgIpc) is 2.83. The number of carbonyl (C=O) groups excluding carboxylic acids is 1. The summed E-state index contributed by atoms with van der Waals surface area (Å²) >= 11 is 0. The van der Waals surface area contributed by atoms with Crippen molar-refractivity contribution in [2.24, 2.45) is 0 Å². The predicted molar refractivity (Wildman–Crippen MR) is 66.1 cm³/mol. The number of ether oxygens (including phenoxy) is 2. The van der Waals surface area contributed by atoms with Crippen LogP contribution in [0.5, 0.6) is 11.5 Å². The lowest BCUT2D eigenvalue weighted by atomic mass is 10.1. The van der Waals surface area contributed by atoms with E-state index in [1.165, 1.54) is 0 Å². The molecule has 1 aromatic carbocycles. The first-order valence-electron chi connectivity index (χ1n) is 5.84. The minimum Gasteiger partial charge on any atom is -0.497 e. The zero-order valence-corrected chi connectivity index (χ0v) is 10.5. The van der Waals surface area contributed by atoms with Crippen LogP contribution < -0.4 is 9.47 Å². The average molecular weight is 251 g/mol. The van der Waals surface area contributed by atoms with Crippen molar-refractivity contribution in [2.45, 2.75) is 12.5 Å². The highest BCUT2D eigenvalue weighted by Gasteiger charge is 2.25. The van der Waals surface area contributed by atoms with E-state index in [4.69, 9.17) is 9.47 Å². The number of aliphatic hydroxyl groups excluding tert-OH is 1. The smallest absolute Gasteiger partial charge is 0.254 e. The third-order valence-corrected chi connectivity index (χ3v) is 3.05. The van der Waals surface area contributed by atoms with Gasteiger partial charge in [0, 0.05) is 24.7 Å². The molecule has 1 heterocycles. The number of benzene rings is 1. The summed E-state index contributed by atoms with van der Waals surface area (Å²) < 4.78 is 10.3. The van der Waals surface area contributed by atoms with Crippen LogP contribution in [0.4, 0.5) is 0 Å². The summed E-state index contributed by atoms with van der Waals surface area (Å²) in [4.78, 5) is 13.9. The lowest BCUT2D eigenvalue weighted by Gasteiger charge is -2.16. The van der Waals surface area contributed by atoms with Gasteiger partial charge in [-0.1, -0.05) is 0 Å². The summed E-state index contributed by atoms with van der Waals surface area (Å²) in [5.74, 6) is 1.05. The van der Waals surface area contributed by atoms with Crippen LogP contribution in [0, 0.1) is 0 Å². The van der Waals surface area contributed by atoms with Crippen molar-refractivity contribution in [2.75, 3.05) is 27.3 Å². The van der Waals surface area contributed by atoms with E-state index in [2.05, 4.69) is 0 Å². The maximum Gasteiger partial charge on any atom is 0.254 e. The highest BCUT2D eigenvalue weighted by Crippen LogP contribution is 2.24. The van der Waals surface area contributed by atoms with Crippen molar-refractivity contribution in [3.05, 3.63) is 23.8 Å². The molecule has 1 fully saturated rings. The normalized spacial score (nSPS) is 18.8. The molecule has 5 nitrogen and oxygen atoms in total. The van der Waals surface area contributed by atoms with Crippen LogP contribution in [0.2, 0.25) is 0 Å². The Morgan fingerprint density at radius 3 is 2.33 bits per heavy atom. The molecule has 1 N–H and O–H groups in total. The Hall–Kier alpha value is -1.75. The van der Waals surface area contributed by atoms with Gasteiger partial charge < -0.3 is 19.5 Å². The first kappa shape index (κ1) is 12.7. The topological polar surface area (TPSA) is 59.0 Å². The quantitative estimate of drug-likeness (QED) is 0.867. The molecular formula is C13H17NO4. The van der Waals surface area contributed by atoms with Gasteiger partial charge in [0.2, 0.25) is 0 Å². The molecule has 0 bridgehead atoms. The molecule has 18 heavy (non-hydrogen) atoms. The number of nitrogens with zero attached hydrogens (tertiary/aromatic N) is 1. The molecule has 1 unspecified atom stereocenters. The summed E-state index contributed by atoms with van der Waals surface area (Å²) in [5, 5.41) is 9.45. The van der Waals surface area contributed by atoms with E-state index in [1.54, 1.807) is 37.3 Å². The number of rotatable bonds is 3. The van der Waals surface area contributed by atoms with Crippen molar-refractivity contribution in [3.63, 3.8) is 0 Å². The predicted octanol–water partition coefficient (Wildman–Crippen LogP) is 0.911. The van der Waals surface area contributed by atoms with Gasteiger partial charge in [-0.2, -0.15) is 0 Å². The summed E-state index contributed by atoms with van der Waals surface area (Å²) in [6.45, 7) is 0.970. The van der Waals surface area contributed by atoms with Gasteiger partial charge in [0.05, 0.1) is 20.3 Å². The summed E-state index contributed by atoms with van der Waals surface area (Å²) in [6.07, 6.45) is 0.216. The molecule has 1 amide bonds. The number of methoxy groups -OCH3 is 2. The van der Waals surface area contributed by atoms with Gasteiger partial charge in [0.15, 0.2) is 0 Å². The van der Waals surface area contributed by atoms with Gasteiger partial charge in [-0.25, -0.2) is 0 Å². The number of likely N-dealkylation sites (tertiary alicyclic amines) is 1. The first-order valence-corrected chi connectivity index (χ1v) is 5.84. The molecule has 0 aliphatic carbocycles. The van der Waals surface area contributed by atoms with E-state index in [0.717, 1.165) is 0 Å². The molecule has 0 radical (unpaired) electrons. The largest absolute Gasteiger partial charge is 0.497 e. The van der Waals surface area contributed by atoms with Gasteiger partial charge in [0.25, 0.3) is 5.91 Å². The molecule has 1 saturated heterocycles. The Kier molecular flexibility index (Phi) is 3.72. The van der Waals surface area contributed by atoms with Crippen LogP contribution in [0.15, 0.2) is 18.2 Å². The van der Waals surface area contributed by atoms with Crippen LogP contribution in [0.1, 0.15) is 16.8 Å². The standard InChI is InChI=1S/C13H17NO4/c1-17-11-5-9(6-12(7-11)18-2)13(16)14-4-3-10(15)8-14/h5-7,10,15H,3-4,8H2,1-2H3. The molecule has 5 heteroatoms. The van der Waals surface area contributed by atoms with Crippen molar-refractivity contribution in [1.82, 2.24) is 4.90 Å². The van der Waals surface area contributed by atoms with Crippen molar-refractivity contribution < 1.29 is 19.4 Å². The molecule has 2 rings (SSSR count). The van der Waals surface area contributed by atoms with Crippen LogP contribution in [0.25, 0.3) is 0 Å². The molecule has 1 atom stereocenters. The molecular weight excluding hydrogens is 234 g/mol. The Morgan fingerprint density at radius 2 is 1.89 bits per heavy atom. The summed E-state index contributed by atoms with van der Waals surface area (Å²) in [5.41, 5.74) is 0.514. The first-order chi connectivity index (χ1) is 8.63. The molecule has 1 aliphatic rings. The third-order valence-electron chi connectivity index (χ3n) is 3.05. The van der Waals surface area contributed by atoms with Crippen molar-refractivity contribution >= 4 is 5.91 Å². The van der Waals surface area contributed by atoms with E-state index in [9.17, 15) is 9.90 Å². The van der Waals surface area contributed by atoms with Gasteiger partial charge in [-0.05, 0) is 18.6 Å². The highest BCUT2D eigenvalue weighted by molar-refractivity contribution is 5.95. The van der Waals surface area contributed by atoms with Gasteiger partial charge in [0.1, 0.15) is 11.5 Å². The molecule has 0 aromatic heterocycles. The van der Waals surface area contributed by atoms with E-state index in [0.29, 0.717) is 36.6 Å². The van der Waals surface area contributed by atoms with E-state index in [-0.39, 0.29) is 5.91 Å². The lowest BCUT2D eigenvalue weighted by Crippen LogP contribution is -2.29. The molecule has 1 aliphatic heterocycles. The number of hydrogen-bond donors (Lipinski definition) is 1. The SMILES string of the molecule is COc1cc(OC)cc(C(=O)N2CCC(O)C2)c1. The minimum atomic E-state index is -0.415. The molecule has 1 aromatic rings. The van der Waals surface area contributed by atoms with Crippen molar-refractivity contribution in [1.29, 1.82) is 0 Å². The fourth-order valence-corrected chi connectivity index (χ4v) is 2.04. The van der Waals surface area contributed by atoms with Gasteiger partial charge in [-0.15, -0.1) is 0 Å². The van der Waals surface area contributed by atoms with E-state index < -0.39 is 6.10 Å². The molecule has 0 saturated carbocycles. The molecule has 98 valence electrons. The Bertz CT molecular complexity index is 424. The van der Waals surface area contributed by atoms with Gasteiger partial charge in [-0.3, -0.25) is 4.79 Å². The Labute approximate surface area is 106 Å². The van der Waals surface area contributed by atoms with Gasteiger partial charge >= 0.3 is 0 Å². The second-order valence-electron chi connectivity index (χ2n) is 4.30. The maximum atomic E-state index is 12.2. The third kappa shape index (κ3) is 2.56. The highest BCUT2D eigenvalue weighted by atomic mass is 16.5. The second kappa shape index (κ2) is 5.27. The van der Waals surface area contributed by atoms with E-state index in [1.807, 2.05) is 0 Å².